The molecule has 98 valence electrons. The van der Waals surface area contributed by atoms with E-state index in [4.69, 9.17) is 9.47 Å². The maximum Gasteiger partial charge on any atom is 0.178 e. The van der Waals surface area contributed by atoms with E-state index in [2.05, 4.69) is 9.97 Å². The molecule has 0 amide bonds. The second kappa shape index (κ2) is 5.48. The smallest absolute Gasteiger partial charge is 0.178 e. The molecule has 0 aliphatic carbocycles. The summed E-state index contributed by atoms with van der Waals surface area (Å²) in [4.78, 5) is 20.0. The minimum atomic E-state index is -0.122. The molecule has 0 aliphatic rings. The number of rotatable bonds is 4. The molecule has 2 heterocycles. The van der Waals surface area contributed by atoms with Gasteiger partial charge < -0.3 is 9.47 Å². The lowest BCUT2D eigenvalue weighted by Gasteiger charge is -2.07. The van der Waals surface area contributed by atoms with Gasteiger partial charge in [-0.25, -0.2) is 4.98 Å². The van der Waals surface area contributed by atoms with Crippen LogP contribution in [-0.2, 0) is 0 Å². The van der Waals surface area contributed by atoms with Gasteiger partial charge in [0.2, 0.25) is 0 Å². The van der Waals surface area contributed by atoms with Crippen molar-refractivity contribution in [2.24, 2.45) is 0 Å². The minimum absolute atomic E-state index is 0.122. The lowest BCUT2D eigenvalue weighted by Crippen LogP contribution is -2.00. The van der Waals surface area contributed by atoms with Crippen LogP contribution in [0.15, 0.2) is 30.5 Å². The van der Waals surface area contributed by atoms with Crippen molar-refractivity contribution in [3.8, 4) is 22.9 Å². The molecular formula is C14H14N2O3. The zero-order valence-electron chi connectivity index (χ0n) is 11.0. The third kappa shape index (κ3) is 2.88. The van der Waals surface area contributed by atoms with Crippen LogP contribution >= 0.6 is 0 Å². The zero-order chi connectivity index (χ0) is 13.8. The average Bonchev–Trinajstić information content (AvgIpc) is 2.46. The van der Waals surface area contributed by atoms with Gasteiger partial charge in [-0.15, -0.1) is 0 Å². The van der Waals surface area contributed by atoms with E-state index < -0.39 is 0 Å². The van der Waals surface area contributed by atoms with Crippen LogP contribution in [0.1, 0.15) is 17.4 Å². The normalized spacial score (nSPS) is 10.1. The van der Waals surface area contributed by atoms with Crippen LogP contribution < -0.4 is 9.47 Å². The molecule has 0 bridgehead atoms. The van der Waals surface area contributed by atoms with Crippen LogP contribution in [0.4, 0.5) is 0 Å². The predicted octanol–water partition coefficient (Wildman–Crippen LogP) is 2.36. The quantitative estimate of drug-likeness (QED) is 0.788. The molecule has 0 unspecified atom stereocenters. The third-order valence-corrected chi connectivity index (χ3v) is 2.62. The zero-order valence-corrected chi connectivity index (χ0v) is 11.0. The second-order valence-corrected chi connectivity index (χ2v) is 3.91. The predicted molar refractivity (Wildman–Crippen MR) is 70.6 cm³/mol. The molecule has 5 nitrogen and oxygen atoms in total. The molecule has 0 aliphatic heterocycles. The molecule has 0 saturated carbocycles. The van der Waals surface area contributed by atoms with Crippen LogP contribution in [0, 0.1) is 0 Å². The average molecular weight is 258 g/mol. The Morgan fingerprint density at radius 3 is 2.37 bits per heavy atom. The number of aromatic nitrogens is 2. The van der Waals surface area contributed by atoms with E-state index in [0.29, 0.717) is 28.6 Å². The largest absolute Gasteiger partial charge is 0.497 e. The molecule has 2 aromatic rings. The fourth-order valence-electron chi connectivity index (χ4n) is 1.61. The van der Waals surface area contributed by atoms with E-state index >= 15 is 0 Å². The summed E-state index contributed by atoms with van der Waals surface area (Å²) in [7, 11) is 3.13. The Morgan fingerprint density at radius 2 is 1.74 bits per heavy atom. The number of carbonyl (C=O) groups is 1. The van der Waals surface area contributed by atoms with Crippen LogP contribution in [0.5, 0.6) is 11.5 Å². The monoisotopic (exact) mass is 258 g/mol. The van der Waals surface area contributed by atoms with Crippen molar-refractivity contribution >= 4 is 5.78 Å². The molecule has 0 aromatic carbocycles. The molecule has 19 heavy (non-hydrogen) atoms. The summed E-state index contributed by atoms with van der Waals surface area (Å²) in [5.74, 6) is 1.13. The Morgan fingerprint density at radius 1 is 1.05 bits per heavy atom. The van der Waals surface area contributed by atoms with Crippen LogP contribution in [0.3, 0.4) is 0 Å². The number of pyridine rings is 2. The number of ether oxygens (including phenoxy) is 2. The molecule has 2 rings (SSSR count). The molecule has 0 saturated heterocycles. The van der Waals surface area contributed by atoms with Crippen molar-refractivity contribution in [1.29, 1.82) is 0 Å². The summed E-state index contributed by atoms with van der Waals surface area (Å²) >= 11 is 0. The van der Waals surface area contributed by atoms with E-state index in [1.165, 1.54) is 6.92 Å². The molecule has 0 N–H and O–H groups in total. The summed E-state index contributed by atoms with van der Waals surface area (Å²) in [6, 6.07) is 6.83. The van der Waals surface area contributed by atoms with Gasteiger partial charge in [0.05, 0.1) is 25.6 Å². The minimum Gasteiger partial charge on any atom is -0.497 e. The highest BCUT2D eigenvalue weighted by molar-refractivity contribution is 5.93. The Balaban J connectivity index is 2.53. The van der Waals surface area contributed by atoms with Crippen molar-refractivity contribution < 1.29 is 14.3 Å². The number of hydrogen-bond donors (Lipinski definition) is 0. The molecule has 0 fully saturated rings. The molecule has 0 atom stereocenters. The maximum atomic E-state index is 11.5. The summed E-state index contributed by atoms with van der Waals surface area (Å²) < 4.78 is 10.3. The van der Waals surface area contributed by atoms with E-state index in [1.54, 1.807) is 44.7 Å². The molecule has 0 spiro atoms. The Hall–Kier alpha value is -2.43. The van der Waals surface area contributed by atoms with Gasteiger partial charge in [0.25, 0.3) is 0 Å². The van der Waals surface area contributed by atoms with Crippen molar-refractivity contribution in [3.63, 3.8) is 0 Å². The Labute approximate surface area is 111 Å². The number of hydrogen-bond acceptors (Lipinski definition) is 5. The van der Waals surface area contributed by atoms with E-state index in [-0.39, 0.29) is 5.78 Å². The highest BCUT2D eigenvalue weighted by atomic mass is 16.5. The summed E-state index contributed by atoms with van der Waals surface area (Å²) in [5, 5.41) is 0. The highest BCUT2D eigenvalue weighted by Crippen LogP contribution is 2.24. The molecule has 2 aromatic heterocycles. The standard InChI is InChI=1S/C14H14N2O3/c1-9(17)12-7-11(19-3)8-14(16-12)13-6-10(18-2)4-5-15-13/h4-8H,1-3H3. The first kappa shape index (κ1) is 13.0. The molecular weight excluding hydrogens is 244 g/mol. The van der Waals surface area contributed by atoms with Crippen molar-refractivity contribution in [2.75, 3.05) is 14.2 Å². The van der Waals surface area contributed by atoms with Crippen molar-refractivity contribution in [2.45, 2.75) is 6.92 Å². The van der Waals surface area contributed by atoms with Gasteiger partial charge in [-0.2, -0.15) is 0 Å². The highest BCUT2D eigenvalue weighted by Gasteiger charge is 2.10. The SMILES string of the molecule is COc1ccnc(-c2cc(OC)cc(C(C)=O)n2)c1. The number of carbonyl (C=O) groups excluding carboxylic acids is 1. The summed E-state index contributed by atoms with van der Waals surface area (Å²) in [6.45, 7) is 1.46. The van der Waals surface area contributed by atoms with Gasteiger partial charge in [-0.05, 0) is 6.07 Å². The van der Waals surface area contributed by atoms with E-state index in [0.717, 1.165) is 0 Å². The number of methoxy groups -OCH3 is 2. The summed E-state index contributed by atoms with van der Waals surface area (Å²) in [6.07, 6.45) is 1.63. The van der Waals surface area contributed by atoms with Crippen LogP contribution in [0.25, 0.3) is 11.4 Å². The van der Waals surface area contributed by atoms with Crippen LogP contribution in [-0.4, -0.2) is 30.0 Å². The van der Waals surface area contributed by atoms with Gasteiger partial charge in [-0.3, -0.25) is 9.78 Å². The first-order valence-corrected chi connectivity index (χ1v) is 5.71. The Bertz CT molecular complexity index is 611. The fraction of sp³-hybridized carbons (Fsp3) is 0.214. The van der Waals surface area contributed by atoms with E-state index in [9.17, 15) is 4.79 Å². The first-order valence-electron chi connectivity index (χ1n) is 5.71. The van der Waals surface area contributed by atoms with Gasteiger partial charge >= 0.3 is 0 Å². The van der Waals surface area contributed by atoms with Gasteiger partial charge in [0, 0.05) is 31.3 Å². The van der Waals surface area contributed by atoms with Gasteiger partial charge in [0.1, 0.15) is 17.2 Å². The van der Waals surface area contributed by atoms with Gasteiger partial charge in [0.15, 0.2) is 5.78 Å². The number of nitrogens with zero attached hydrogens (tertiary/aromatic N) is 2. The summed E-state index contributed by atoms with van der Waals surface area (Å²) in [5.41, 5.74) is 1.54. The lowest BCUT2D eigenvalue weighted by atomic mass is 10.2. The van der Waals surface area contributed by atoms with Crippen molar-refractivity contribution in [3.05, 3.63) is 36.2 Å². The topological polar surface area (TPSA) is 61.3 Å². The second-order valence-electron chi connectivity index (χ2n) is 3.91. The third-order valence-electron chi connectivity index (χ3n) is 2.62. The maximum absolute atomic E-state index is 11.5. The lowest BCUT2D eigenvalue weighted by molar-refractivity contribution is 0.101. The first-order chi connectivity index (χ1) is 9.13. The van der Waals surface area contributed by atoms with Crippen molar-refractivity contribution in [1.82, 2.24) is 9.97 Å². The number of Topliss-reactive ketones (excluding diaryl/α,β-unsaturated/α-hetero) is 1. The number of ketones is 1. The molecule has 5 heteroatoms. The van der Waals surface area contributed by atoms with Gasteiger partial charge in [-0.1, -0.05) is 0 Å². The molecule has 0 radical (unpaired) electrons. The van der Waals surface area contributed by atoms with E-state index in [1.807, 2.05) is 0 Å². The van der Waals surface area contributed by atoms with Crippen LogP contribution in [0.2, 0.25) is 0 Å². The fourth-order valence-corrected chi connectivity index (χ4v) is 1.61. The Kier molecular flexibility index (Phi) is 3.75.